The molecule has 2 rings (SSSR count). The number of nitrogens with one attached hydrogen (secondary N) is 1. The fourth-order valence-electron chi connectivity index (χ4n) is 1.90. The highest BCUT2D eigenvalue weighted by Crippen LogP contribution is 2.32. The van der Waals surface area contributed by atoms with Crippen LogP contribution in [0.25, 0.3) is 0 Å². The molecule has 1 N–H and O–H groups in total. The van der Waals surface area contributed by atoms with E-state index in [1.165, 1.54) is 9.75 Å². The van der Waals surface area contributed by atoms with Crippen LogP contribution >= 0.6 is 34.5 Å². The molecule has 0 radical (unpaired) electrons. The fourth-order valence-corrected chi connectivity index (χ4v) is 3.30. The minimum atomic E-state index is 0.171. The molecule has 0 saturated heterocycles. The normalized spacial score (nSPS) is 12.7. The molecule has 18 heavy (non-hydrogen) atoms. The maximum Gasteiger partial charge on any atom is 0.0669 e. The second kappa shape index (κ2) is 6.07. The molecule has 1 aromatic heterocycles. The molecule has 2 aromatic rings. The van der Waals surface area contributed by atoms with Crippen LogP contribution in [0.3, 0.4) is 0 Å². The van der Waals surface area contributed by atoms with Crippen LogP contribution in [0.15, 0.2) is 30.3 Å². The van der Waals surface area contributed by atoms with Gasteiger partial charge in [0, 0.05) is 9.75 Å². The van der Waals surface area contributed by atoms with Gasteiger partial charge < -0.3 is 5.32 Å². The monoisotopic (exact) mass is 299 g/mol. The third kappa shape index (κ3) is 2.89. The predicted octanol–water partition coefficient (Wildman–Crippen LogP) is 4.93. The second-order valence-electron chi connectivity index (χ2n) is 4.05. The molecular weight excluding hydrogens is 285 g/mol. The first-order chi connectivity index (χ1) is 8.65. The van der Waals surface area contributed by atoms with Crippen molar-refractivity contribution in [3.05, 3.63) is 55.7 Å². The Bertz CT molecular complexity index is 536. The minimum Gasteiger partial charge on any atom is -0.309 e. The first-order valence-corrected chi connectivity index (χ1v) is 7.43. The Labute approximate surface area is 122 Å². The van der Waals surface area contributed by atoms with Crippen molar-refractivity contribution in [2.75, 3.05) is 7.05 Å². The van der Waals surface area contributed by atoms with Crippen molar-refractivity contribution in [1.29, 1.82) is 0 Å². The minimum absolute atomic E-state index is 0.171. The summed E-state index contributed by atoms with van der Waals surface area (Å²) in [5.41, 5.74) is 1.14. The van der Waals surface area contributed by atoms with E-state index in [9.17, 15) is 0 Å². The largest absolute Gasteiger partial charge is 0.309 e. The molecular formula is C14H15Cl2NS. The van der Waals surface area contributed by atoms with Crippen molar-refractivity contribution in [3.8, 4) is 0 Å². The highest BCUT2D eigenvalue weighted by Gasteiger charge is 2.15. The van der Waals surface area contributed by atoms with Crippen molar-refractivity contribution < 1.29 is 0 Å². The van der Waals surface area contributed by atoms with E-state index in [2.05, 4.69) is 24.4 Å². The van der Waals surface area contributed by atoms with Crippen molar-refractivity contribution in [1.82, 2.24) is 5.32 Å². The molecule has 0 aliphatic carbocycles. The van der Waals surface area contributed by atoms with Gasteiger partial charge in [0.1, 0.15) is 0 Å². The maximum atomic E-state index is 6.08. The molecule has 0 aliphatic heterocycles. The first kappa shape index (κ1) is 13.9. The van der Waals surface area contributed by atoms with Crippen molar-refractivity contribution >= 4 is 34.5 Å². The highest BCUT2D eigenvalue weighted by molar-refractivity contribution is 7.12. The summed E-state index contributed by atoms with van der Waals surface area (Å²) in [5.74, 6) is 0. The molecule has 0 bridgehead atoms. The topological polar surface area (TPSA) is 12.0 Å². The molecule has 96 valence electrons. The molecule has 0 aliphatic rings. The molecule has 1 heterocycles. The van der Waals surface area contributed by atoms with Crippen molar-refractivity contribution in [3.63, 3.8) is 0 Å². The quantitative estimate of drug-likeness (QED) is 0.844. The van der Waals surface area contributed by atoms with Gasteiger partial charge in [-0.2, -0.15) is 0 Å². The van der Waals surface area contributed by atoms with Crippen LogP contribution in [0, 0.1) is 0 Å². The number of aryl methyl sites for hydroxylation is 1. The lowest BCUT2D eigenvalue weighted by molar-refractivity contribution is 0.704. The standard InChI is InChI=1S/C14H15Cl2NS/c1-3-10-5-7-13(18-10)14(17-2)9-4-6-11(15)12(16)8-9/h4-8,14,17H,3H2,1-2H3. The molecule has 0 fully saturated rings. The third-order valence-corrected chi connectivity index (χ3v) is 4.91. The SMILES string of the molecule is CCc1ccc(C(NC)c2ccc(Cl)c(Cl)c2)s1. The van der Waals surface area contributed by atoms with E-state index in [4.69, 9.17) is 23.2 Å². The van der Waals surface area contributed by atoms with Gasteiger partial charge >= 0.3 is 0 Å². The number of halogens is 2. The second-order valence-corrected chi connectivity index (χ2v) is 6.07. The lowest BCUT2D eigenvalue weighted by atomic mass is 10.1. The van der Waals surface area contributed by atoms with E-state index in [-0.39, 0.29) is 6.04 Å². The summed E-state index contributed by atoms with van der Waals surface area (Å²) in [6, 6.07) is 10.3. The smallest absolute Gasteiger partial charge is 0.0669 e. The van der Waals surface area contributed by atoms with Crippen molar-refractivity contribution in [2.24, 2.45) is 0 Å². The van der Waals surface area contributed by atoms with Gasteiger partial charge in [0.05, 0.1) is 16.1 Å². The third-order valence-electron chi connectivity index (χ3n) is 2.88. The Morgan fingerprint density at radius 3 is 2.50 bits per heavy atom. The molecule has 4 heteroatoms. The molecule has 1 atom stereocenters. The summed E-state index contributed by atoms with van der Waals surface area (Å²) < 4.78 is 0. The Balaban J connectivity index is 2.35. The maximum absolute atomic E-state index is 6.08. The zero-order valence-electron chi connectivity index (χ0n) is 10.3. The van der Waals surface area contributed by atoms with Gasteiger partial charge in [-0.25, -0.2) is 0 Å². The van der Waals surface area contributed by atoms with Crippen molar-refractivity contribution in [2.45, 2.75) is 19.4 Å². The van der Waals surface area contributed by atoms with Crippen LogP contribution in [-0.4, -0.2) is 7.05 Å². The number of hydrogen-bond acceptors (Lipinski definition) is 2. The Hall–Kier alpha value is -0.540. The summed E-state index contributed by atoms with van der Waals surface area (Å²) in [5, 5.41) is 4.52. The van der Waals surface area contributed by atoms with E-state index in [0.717, 1.165) is 12.0 Å². The van der Waals surface area contributed by atoms with Gasteiger partial charge in [-0.05, 0) is 43.3 Å². The van der Waals surface area contributed by atoms with Crippen LogP contribution in [0.1, 0.15) is 28.3 Å². The Morgan fingerprint density at radius 2 is 1.94 bits per heavy atom. The van der Waals surface area contributed by atoms with Gasteiger partial charge in [-0.15, -0.1) is 11.3 Å². The number of thiophene rings is 1. The molecule has 1 nitrogen and oxygen atoms in total. The van der Waals surface area contributed by atoms with Gasteiger partial charge in [0.15, 0.2) is 0 Å². The lowest BCUT2D eigenvalue weighted by Crippen LogP contribution is -2.16. The summed E-state index contributed by atoms with van der Waals surface area (Å²) in [6.45, 7) is 2.17. The average Bonchev–Trinajstić information content (AvgIpc) is 2.83. The average molecular weight is 300 g/mol. The fraction of sp³-hybridized carbons (Fsp3) is 0.286. The van der Waals surface area contributed by atoms with Crippen LogP contribution in [0.4, 0.5) is 0 Å². The van der Waals surface area contributed by atoms with Gasteiger partial charge in [-0.1, -0.05) is 36.2 Å². The predicted molar refractivity (Wildman–Crippen MR) is 81.1 cm³/mol. The summed E-state index contributed by atoms with van der Waals surface area (Å²) in [4.78, 5) is 2.69. The number of hydrogen-bond donors (Lipinski definition) is 1. The van der Waals surface area contributed by atoms with E-state index >= 15 is 0 Å². The van der Waals surface area contributed by atoms with E-state index in [1.54, 1.807) is 0 Å². The molecule has 1 aromatic carbocycles. The Kier molecular flexibility index (Phi) is 4.68. The molecule has 0 amide bonds. The molecule has 0 saturated carbocycles. The van der Waals surface area contributed by atoms with E-state index < -0.39 is 0 Å². The lowest BCUT2D eigenvalue weighted by Gasteiger charge is -2.15. The molecule has 1 unspecified atom stereocenters. The summed E-state index contributed by atoms with van der Waals surface area (Å²) in [6.07, 6.45) is 1.07. The van der Waals surface area contributed by atoms with Gasteiger partial charge in [0.25, 0.3) is 0 Å². The van der Waals surface area contributed by atoms with Gasteiger partial charge in [0.2, 0.25) is 0 Å². The van der Waals surface area contributed by atoms with Crippen LogP contribution in [-0.2, 0) is 6.42 Å². The van der Waals surface area contributed by atoms with Gasteiger partial charge in [-0.3, -0.25) is 0 Å². The summed E-state index contributed by atoms with van der Waals surface area (Å²) >= 11 is 13.9. The zero-order chi connectivity index (χ0) is 13.1. The highest BCUT2D eigenvalue weighted by atomic mass is 35.5. The van der Waals surface area contributed by atoms with E-state index in [0.29, 0.717) is 10.0 Å². The summed E-state index contributed by atoms with van der Waals surface area (Å²) in [7, 11) is 1.96. The Morgan fingerprint density at radius 1 is 1.17 bits per heavy atom. The molecule has 0 spiro atoms. The van der Waals surface area contributed by atoms with E-state index in [1.807, 2.05) is 36.6 Å². The van der Waals surface area contributed by atoms with Crippen LogP contribution < -0.4 is 5.32 Å². The zero-order valence-corrected chi connectivity index (χ0v) is 12.7. The number of rotatable bonds is 4. The number of benzene rings is 1. The first-order valence-electron chi connectivity index (χ1n) is 5.86. The van der Waals surface area contributed by atoms with Crippen LogP contribution in [0.5, 0.6) is 0 Å². The van der Waals surface area contributed by atoms with Crippen LogP contribution in [0.2, 0.25) is 10.0 Å².